The third-order valence-electron chi connectivity index (χ3n) is 4.55. The number of carbonyl (C=O) groups is 2. The first-order valence-corrected chi connectivity index (χ1v) is 11.1. The van der Waals surface area contributed by atoms with E-state index in [1.54, 1.807) is 50.2 Å². The van der Waals surface area contributed by atoms with Gasteiger partial charge in [0.1, 0.15) is 11.8 Å². The lowest BCUT2D eigenvalue weighted by Gasteiger charge is -2.30. The van der Waals surface area contributed by atoms with Crippen LogP contribution < -0.4 is 14.4 Å². The highest BCUT2D eigenvalue weighted by molar-refractivity contribution is 7.92. The second kappa shape index (κ2) is 9.62. The first-order chi connectivity index (χ1) is 14.1. The minimum Gasteiger partial charge on any atom is -0.497 e. The summed E-state index contributed by atoms with van der Waals surface area (Å²) in [6.45, 7) is 3.49. The second-order valence-electron chi connectivity index (χ2n) is 6.69. The van der Waals surface area contributed by atoms with E-state index in [1.807, 2.05) is 0 Å². The number of esters is 1. The largest absolute Gasteiger partial charge is 0.497 e. The maximum atomic E-state index is 13.1. The molecule has 0 bridgehead atoms. The molecule has 30 heavy (non-hydrogen) atoms. The third kappa shape index (κ3) is 5.29. The van der Waals surface area contributed by atoms with E-state index in [4.69, 9.17) is 9.47 Å². The smallest absolute Gasteiger partial charge is 0.337 e. The monoisotopic (exact) mass is 434 g/mol. The van der Waals surface area contributed by atoms with Gasteiger partial charge in [-0.3, -0.25) is 9.10 Å². The number of hydrogen-bond donors (Lipinski definition) is 1. The third-order valence-corrected chi connectivity index (χ3v) is 5.73. The molecule has 2 rings (SSSR count). The summed E-state index contributed by atoms with van der Waals surface area (Å²) in [5, 5.41) is 2.75. The van der Waals surface area contributed by atoms with Crippen molar-refractivity contribution in [2.45, 2.75) is 26.3 Å². The van der Waals surface area contributed by atoms with Crippen molar-refractivity contribution in [3.05, 3.63) is 53.6 Å². The lowest BCUT2D eigenvalue weighted by molar-refractivity contribution is -0.117. The van der Waals surface area contributed by atoms with Gasteiger partial charge < -0.3 is 14.8 Å². The molecule has 0 saturated heterocycles. The zero-order valence-electron chi connectivity index (χ0n) is 17.6. The van der Waals surface area contributed by atoms with Crippen molar-refractivity contribution in [2.24, 2.45) is 0 Å². The standard InChI is InChI=1S/C21H26N2O6S/c1-6-19(23(30(5,26)27)16-8-7-9-17(13-16)28-3)20(24)22-18-12-15(21(25)29-4)11-10-14(18)2/h7-13,19H,6H2,1-5H3,(H,22,24). The van der Waals surface area contributed by atoms with Crippen LogP contribution in [0.2, 0.25) is 0 Å². The predicted octanol–water partition coefficient (Wildman–Crippen LogP) is 2.97. The van der Waals surface area contributed by atoms with E-state index in [2.05, 4.69) is 5.32 Å². The van der Waals surface area contributed by atoms with E-state index in [-0.39, 0.29) is 12.0 Å². The van der Waals surface area contributed by atoms with Crippen LogP contribution >= 0.6 is 0 Å². The first-order valence-electron chi connectivity index (χ1n) is 9.25. The molecule has 0 fully saturated rings. The number of amides is 1. The lowest BCUT2D eigenvalue weighted by Crippen LogP contribution is -2.47. The predicted molar refractivity (Wildman–Crippen MR) is 116 cm³/mol. The highest BCUT2D eigenvalue weighted by Crippen LogP contribution is 2.27. The number of nitrogens with one attached hydrogen (secondary N) is 1. The number of rotatable bonds is 8. The molecule has 1 N–H and O–H groups in total. The summed E-state index contributed by atoms with van der Waals surface area (Å²) in [5.74, 6) is -0.583. The molecule has 0 aliphatic rings. The van der Waals surface area contributed by atoms with Gasteiger partial charge in [-0.05, 0) is 43.2 Å². The SMILES string of the molecule is CCC(C(=O)Nc1cc(C(=O)OC)ccc1C)N(c1cccc(OC)c1)S(C)(=O)=O. The summed E-state index contributed by atoms with van der Waals surface area (Å²) in [4.78, 5) is 24.9. The summed E-state index contributed by atoms with van der Waals surface area (Å²) in [6.07, 6.45) is 1.28. The van der Waals surface area contributed by atoms with Crippen molar-refractivity contribution in [3.8, 4) is 5.75 Å². The zero-order chi connectivity index (χ0) is 22.5. The Balaban J connectivity index is 2.43. The Labute approximate surface area is 176 Å². The Morgan fingerprint density at radius 1 is 1.13 bits per heavy atom. The summed E-state index contributed by atoms with van der Waals surface area (Å²) in [7, 11) is -1.04. The topological polar surface area (TPSA) is 102 Å². The van der Waals surface area contributed by atoms with Crippen molar-refractivity contribution in [1.29, 1.82) is 0 Å². The van der Waals surface area contributed by atoms with Gasteiger partial charge in [0.25, 0.3) is 0 Å². The van der Waals surface area contributed by atoms with Crippen molar-refractivity contribution < 1.29 is 27.5 Å². The first kappa shape index (κ1) is 23.2. The Hall–Kier alpha value is -3.07. The molecule has 2 aromatic carbocycles. The lowest BCUT2D eigenvalue weighted by atomic mass is 10.1. The average Bonchev–Trinajstić information content (AvgIpc) is 2.71. The number of benzene rings is 2. The summed E-state index contributed by atoms with van der Waals surface area (Å²) in [6, 6.07) is 10.3. The molecule has 2 aromatic rings. The van der Waals surface area contributed by atoms with Gasteiger partial charge in [-0.15, -0.1) is 0 Å². The Bertz CT molecular complexity index is 1040. The number of aryl methyl sites for hydroxylation is 1. The van der Waals surface area contributed by atoms with Crippen LogP contribution in [0.4, 0.5) is 11.4 Å². The van der Waals surface area contributed by atoms with E-state index in [1.165, 1.54) is 20.3 Å². The van der Waals surface area contributed by atoms with Crippen LogP contribution in [0, 0.1) is 6.92 Å². The maximum Gasteiger partial charge on any atom is 0.337 e. The molecule has 0 radical (unpaired) electrons. The van der Waals surface area contributed by atoms with E-state index in [0.29, 0.717) is 17.1 Å². The van der Waals surface area contributed by atoms with Crippen LogP contribution in [0.1, 0.15) is 29.3 Å². The van der Waals surface area contributed by atoms with Gasteiger partial charge >= 0.3 is 5.97 Å². The van der Waals surface area contributed by atoms with Gasteiger partial charge in [-0.25, -0.2) is 13.2 Å². The van der Waals surface area contributed by atoms with E-state index in [0.717, 1.165) is 16.1 Å². The van der Waals surface area contributed by atoms with Gasteiger partial charge in [-0.2, -0.15) is 0 Å². The van der Waals surface area contributed by atoms with Crippen molar-refractivity contribution in [2.75, 3.05) is 30.1 Å². The number of carbonyl (C=O) groups excluding carboxylic acids is 2. The van der Waals surface area contributed by atoms with Crippen LogP contribution in [0.3, 0.4) is 0 Å². The molecule has 0 aliphatic carbocycles. The minimum absolute atomic E-state index is 0.228. The number of sulfonamides is 1. The molecule has 1 atom stereocenters. The van der Waals surface area contributed by atoms with Gasteiger partial charge in [0.15, 0.2) is 0 Å². The fourth-order valence-corrected chi connectivity index (χ4v) is 4.23. The zero-order valence-corrected chi connectivity index (χ0v) is 18.4. The number of nitrogens with zero attached hydrogens (tertiary/aromatic N) is 1. The molecule has 0 heterocycles. The molecule has 1 unspecified atom stereocenters. The highest BCUT2D eigenvalue weighted by Gasteiger charge is 2.32. The van der Waals surface area contributed by atoms with E-state index < -0.39 is 27.9 Å². The molecule has 0 saturated carbocycles. The Kier molecular flexibility index (Phi) is 7.44. The molecule has 0 spiro atoms. The molecule has 9 heteroatoms. The van der Waals surface area contributed by atoms with E-state index in [9.17, 15) is 18.0 Å². The summed E-state index contributed by atoms with van der Waals surface area (Å²) in [5.41, 5.74) is 1.72. The fourth-order valence-electron chi connectivity index (χ4n) is 3.03. The number of hydrogen-bond acceptors (Lipinski definition) is 6. The van der Waals surface area contributed by atoms with Crippen molar-refractivity contribution in [3.63, 3.8) is 0 Å². The van der Waals surface area contributed by atoms with Crippen LogP contribution in [-0.2, 0) is 19.6 Å². The van der Waals surface area contributed by atoms with Crippen LogP contribution in [0.25, 0.3) is 0 Å². The molecular weight excluding hydrogens is 408 g/mol. The molecule has 0 aliphatic heterocycles. The van der Waals surface area contributed by atoms with Crippen LogP contribution in [-0.4, -0.2) is 46.8 Å². The molecule has 1 amide bonds. The fraction of sp³-hybridized carbons (Fsp3) is 0.333. The van der Waals surface area contributed by atoms with Gasteiger partial charge in [0.2, 0.25) is 15.9 Å². The van der Waals surface area contributed by atoms with E-state index >= 15 is 0 Å². The number of methoxy groups -OCH3 is 2. The second-order valence-corrected chi connectivity index (χ2v) is 8.55. The Morgan fingerprint density at radius 2 is 1.83 bits per heavy atom. The molecule has 162 valence electrons. The summed E-state index contributed by atoms with van der Waals surface area (Å²) >= 11 is 0. The molecule has 0 aromatic heterocycles. The number of anilines is 2. The Morgan fingerprint density at radius 3 is 2.40 bits per heavy atom. The maximum absolute atomic E-state index is 13.1. The van der Waals surface area contributed by atoms with Crippen LogP contribution in [0.5, 0.6) is 5.75 Å². The quantitative estimate of drug-likeness (QED) is 0.641. The number of ether oxygens (including phenoxy) is 2. The minimum atomic E-state index is -3.78. The normalized spacial score (nSPS) is 12.0. The highest BCUT2D eigenvalue weighted by atomic mass is 32.2. The van der Waals surface area contributed by atoms with Crippen molar-refractivity contribution >= 4 is 33.3 Å². The average molecular weight is 435 g/mol. The van der Waals surface area contributed by atoms with Gasteiger partial charge in [0.05, 0.1) is 31.7 Å². The summed E-state index contributed by atoms with van der Waals surface area (Å²) < 4.78 is 36.1. The van der Waals surface area contributed by atoms with Gasteiger partial charge in [-0.1, -0.05) is 19.1 Å². The van der Waals surface area contributed by atoms with Crippen molar-refractivity contribution in [1.82, 2.24) is 0 Å². The van der Waals surface area contributed by atoms with Gasteiger partial charge in [0, 0.05) is 11.8 Å². The van der Waals surface area contributed by atoms with Crippen LogP contribution in [0.15, 0.2) is 42.5 Å². The molecule has 8 nitrogen and oxygen atoms in total. The molecular formula is C21H26N2O6S.